The summed E-state index contributed by atoms with van der Waals surface area (Å²) in [6, 6.07) is 5.37. The van der Waals surface area contributed by atoms with Gasteiger partial charge in [-0.05, 0) is 58.7 Å². The van der Waals surface area contributed by atoms with Crippen molar-refractivity contribution in [2.24, 2.45) is 0 Å². The van der Waals surface area contributed by atoms with Crippen LogP contribution in [0.3, 0.4) is 0 Å². The zero-order valence-corrected chi connectivity index (χ0v) is 15.2. The number of carbonyl (C=O) groups excluding carboxylic acids is 1. The van der Waals surface area contributed by atoms with Gasteiger partial charge in [0.1, 0.15) is 11.4 Å². The molecule has 0 aromatic heterocycles. The highest BCUT2D eigenvalue weighted by molar-refractivity contribution is 5.85. The van der Waals surface area contributed by atoms with E-state index >= 15 is 0 Å². The number of esters is 1. The molecule has 2 rings (SSSR count). The van der Waals surface area contributed by atoms with Crippen LogP contribution in [0.2, 0.25) is 0 Å². The molecule has 0 bridgehead atoms. The third kappa shape index (κ3) is 5.47. The van der Waals surface area contributed by atoms with Crippen molar-refractivity contribution >= 4 is 18.4 Å². The van der Waals surface area contributed by atoms with Crippen molar-refractivity contribution in [3.63, 3.8) is 0 Å². The van der Waals surface area contributed by atoms with Crippen LogP contribution in [0.5, 0.6) is 0 Å². The number of carbonyl (C=O) groups is 1. The normalized spacial score (nSPS) is 18.0. The summed E-state index contributed by atoms with van der Waals surface area (Å²) in [5, 5.41) is 0. The SMILES string of the molecule is CC1c2c(F)cccc2CCN1CCCC(=O)OC(C)(C)C.Cl. The number of ether oxygens (including phenoxy) is 1. The molecule has 5 heteroatoms. The molecule has 1 aliphatic heterocycles. The smallest absolute Gasteiger partial charge is 0.306 e. The second-order valence-electron chi connectivity index (χ2n) is 6.96. The Morgan fingerprint density at radius 2 is 2.09 bits per heavy atom. The Kier molecular flexibility index (Phi) is 7.02. The lowest BCUT2D eigenvalue weighted by Crippen LogP contribution is -2.35. The van der Waals surface area contributed by atoms with Crippen LogP contribution in [0.25, 0.3) is 0 Å². The van der Waals surface area contributed by atoms with Crippen LogP contribution < -0.4 is 0 Å². The molecule has 3 nitrogen and oxygen atoms in total. The van der Waals surface area contributed by atoms with E-state index in [1.54, 1.807) is 6.07 Å². The van der Waals surface area contributed by atoms with Crippen LogP contribution in [0, 0.1) is 5.82 Å². The van der Waals surface area contributed by atoms with Crippen molar-refractivity contribution in [3.8, 4) is 0 Å². The molecule has 1 aromatic rings. The van der Waals surface area contributed by atoms with Gasteiger partial charge in [-0.3, -0.25) is 9.69 Å². The van der Waals surface area contributed by atoms with Gasteiger partial charge in [0.05, 0.1) is 0 Å². The first-order chi connectivity index (χ1) is 10.3. The fourth-order valence-electron chi connectivity index (χ4n) is 3.03. The predicted octanol–water partition coefficient (Wildman–Crippen LogP) is 4.29. The van der Waals surface area contributed by atoms with Crippen LogP contribution >= 0.6 is 12.4 Å². The molecule has 0 N–H and O–H groups in total. The largest absolute Gasteiger partial charge is 0.460 e. The summed E-state index contributed by atoms with van der Waals surface area (Å²) in [6.45, 7) is 9.35. The summed E-state index contributed by atoms with van der Waals surface area (Å²) in [5.41, 5.74) is 1.49. The summed E-state index contributed by atoms with van der Waals surface area (Å²) < 4.78 is 19.3. The maximum Gasteiger partial charge on any atom is 0.306 e. The summed E-state index contributed by atoms with van der Waals surface area (Å²) in [7, 11) is 0. The Bertz CT molecular complexity index is 542. The number of rotatable bonds is 4. The lowest BCUT2D eigenvalue weighted by molar-refractivity contribution is -0.155. The number of benzene rings is 1. The summed E-state index contributed by atoms with van der Waals surface area (Å²) in [5.74, 6) is -0.286. The molecule has 1 aromatic carbocycles. The van der Waals surface area contributed by atoms with Gasteiger partial charge in [-0.1, -0.05) is 12.1 Å². The van der Waals surface area contributed by atoms with E-state index in [1.807, 2.05) is 33.8 Å². The first kappa shape index (κ1) is 19.9. The van der Waals surface area contributed by atoms with Gasteiger partial charge < -0.3 is 4.74 Å². The Morgan fingerprint density at radius 3 is 2.74 bits per heavy atom. The van der Waals surface area contributed by atoms with Gasteiger partial charge in [-0.2, -0.15) is 0 Å². The van der Waals surface area contributed by atoms with Gasteiger partial charge in [0.15, 0.2) is 0 Å². The highest BCUT2D eigenvalue weighted by Gasteiger charge is 2.26. The first-order valence-electron chi connectivity index (χ1n) is 8.01. The fourth-order valence-corrected chi connectivity index (χ4v) is 3.03. The molecule has 0 saturated carbocycles. The molecular weight excluding hydrogens is 317 g/mol. The van der Waals surface area contributed by atoms with Crippen LogP contribution in [0.15, 0.2) is 18.2 Å². The van der Waals surface area contributed by atoms with E-state index in [9.17, 15) is 9.18 Å². The maximum atomic E-state index is 14.0. The van der Waals surface area contributed by atoms with Gasteiger partial charge >= 0.3 is 5.97 Å². The zero-order valence-electron chi connectivity index (χ0n) is 14.4. The number of hydrogen-bond donors (Lipinski definition) is 0. The average molecular weight is 344 g/mol. The molecule has 0 radical (unpaired) electrons. The Morgan fingerprint density at radius 1 is 1.39 bits per heavy atom. The molecule has 0 fully saturated rings. The second kappa shape index (κ2) is 8.11. The minimum Gasteiger partial charge on any atom is -0.460 e. The third-order valence-corrected chi connectivity index (χ3v) is 4.02. The number of hydrogen-bond acceptors (Lipinski definition) is 3. The van der Waals surface area contributed by atoms with E-state index in [4.69, 9.17) is 4.74 Å². The molecule has 0 saturated heterocycles. The zero-order chi connectivity index (χ0) is 16.3. The van der Waals surface area contributed by atoms with Crippen LogP contribution in [-0.4, -0.2) is 29.6 Å². The minimum absolute atomic E-state index is 0. The lowest BCUT2D eigenvalue weighted by Gasteiger charge is -2.35. The topological polar surface area (TPSA) is 29.5 Å². The van der Waals surface area contributed by atoms with Crippen molar-refractivity contribution in [2.45, 2.75) is 58.6 Å². The molecule has 1 atom stereocenters. The summed E-state index contributed by atoms with van der Waals surface area (Å²) >= 11 is 0. The standard InChI is InChI=1S/C18H26FNO2.ClH/c1-13-17-14(7-5-8-15(17)19)10-12-20(13)11-6-9-16(21)22-18(2,3)4;/h5,7-8,13H,6,9-12H2,1-4H3;1H. The Hall–Kier alpha value is -1.13. The molecule has 130 valence electrons. The van der Waals surface area contributed by atoms with E-state index in [0.717, 1.165) is 37.1 Å². The van der Waals surface area contributed by atoms with E-state index in [0.29, 0.717) is 6.42 Å². The molecule has 23 heavy (non-hydrogen) atoms. The lowest BCUT2D eigenvalue weighted by atomic mass is 9.93. The first-order valence-corrected chi connectivity index (χ1v) is 8.01. The van der Waals surface area contributed by atoms with Crippen molar-refractivity contribution in [3.05, 3.63) is 35.1 Å². The molecular formula is C18H27ClFNO2. The van der Waals surface area contributed by atoms with E-state index in [1.165, 1.54) is 6.07 Å². The van der Waals surface area contributed by atoms with Crippen molar-refractivity contribution in [1.29, 1.82) is 0 Å². The highest BCUT2D eigenvalue weighted by Crippen LogP contribution is 2.31. The van der Waals surface area contributed by atoms with Gasteiger partial charge in [-0.15, -0.1) is 12.4 Å². The molecule has 1 heterocycles. The van der Waals surface area contributed by atoms with Gasteiger partial charge in [-0.25, -0.2) is 4.39 Å². The van der Waals surface area contributed by atoms with Gasteiger partial charge in [0.2, 0.25) is 0 Å². The number of fused-ring (bicyclic) bond motifs is 1. The van der Waals surface area contributed by atoms with Crippen LogP contribution in [0.4, 0.5) is 4.39 Å². The number of nitrogens with zero attached hydrogens (tertiary/aromatic N) is 1. The molecule has 1 aliphatic rings. The summed E-state index contributed by atoms with van der Waals surface area (Å²) in [4.78, 5) is 14.0. The predicted molar refractivity (Wildman–Crippen MR) is 92.4 cm³/mol. The van der Waals surface area contributed by atoms with E-state index in [2.05, 4.69) is 4.90 Å². The molecule has 0 amide bonds. The van der Waals surface area contributed by atoms with Crippen LogP contribution in [-0.2, 0) is 16.0 Å². The van der Waals surface area contributed by atoms with Gasteiger partial charge in [0.25, 0.3) is 0 Å². The van der Waals surface area contributed by atoms with Gasteiger partial charge in [0, 0.05) is 24.6 Å². The Balaban J connectivity index is 0.00000264. The fraction of sp³-hybridized carbons (Fsp3) is 0.611. The Labute approximate surface area is 144 Å². The minimum atomic E-state index is -0.433. The quantitative estimate of drug-likeness (QED) is 0.764. The van der Waals surface area contributed by atoms with E-state index < -0.39 is 5.60 Å². The second-order valence-corrected chi connectivity index (χ2v) is 6.96. The summed E-state index contributed by atoms with van der Waals surface area (Å²) in [6.07, 6.45) is 2.01. The molecule has 0 aliphatic carbocycles. The molecule has 1 unspecified atom stereocenters. The monoisotopic (exact) mass is 343 g/mol. The molecule has 0 spiro atoms. The number of halogens is 2. The van der Waals surface area contributed by atoms with E-state index in [-0.39, 0.29) is 30.2 Å². The van der Waals surface area contributed by atoms with Crippen molar-refractivity contribution in [1.82, 2.24) is 4.90 Å². The average Bonchev–Trinajstić information content (AvgIpc) is 2.39. The maximum absolute atomic E-state index is 14.0. The van der Waals surface area contributed by atoms with Crippen molar-refractivity contribution < 1.29 is 13.9 Å². The van der Waals surface area contributed by atoms with Crippen molar-refractivity contribution in [2.75, 3.05) is 13.1 Å². The third-order valence-electron chi connectivity index (χ3n) is 4.02. The van der Waals surface area contributed by atoms with Crippen LogP contribution in [0.1, 0.15) is 57.7 Å². The highest BCUT2D eigenvalue weighted by atomic mass is 35.5.